The highest BCUT2D eigenvalue weighted by Gasteiger charge is 2.25. The molecule has 1 aliphatic heterocycles. The van der Waals surface area contributed by atoms with Crippen LogP contribution in [0.15, 0.2) is 0 Å². The molecule has 70 valence electrons. The van der Waals surface area contributed by atoms with Gasteiger partial charge in [0.15, 0.2) is 0 Å². The van der Waals surface area contributed by atoms with Crippen LogP contribution in [-0.4, -0.2) is 25.3 Å². The molecule has 1 saturated carbocycles. The van der Waals surface area contributed by atoms with Crippen LogP contribution in [0.3, 0.4) is 0 Å². The van der Waals surface area contributed by atoms with Gasteiger partial charge in [-0.3, -0.25) is 0 Å². The molecule has 0 aromatic carbocycles. The van der Waals surface area contributed by atoms with Crippen molar-refractivity contribution in [3.05, 3.63) is 0 Å². The van der Waals surface area contributed by atoms with Crippen LogP contribution in [0, 0.1) is 0 Å². The van der Waals surface area contributed by atoms with Crippen molar-refractivity contribution in [3.8, 4) is 0 Å². The van der Waals surface area contributed by atoms with Gasteiger partial charge in [-0.2, -0.15) is 0 Å². The van der Waals surface area contributed by atoms with Gasteiger partial charge in [0.05, 0.1) is 12.7 Å². The Hall–Kier alpha value is -0.0800. The third-order valence-electron chi connectivity index (χ3n) is 3.04. The maximum atomic E-state index is 5.75. The van der Waals surface area contributed by atoms with Gasteiger partial charge in [0.25, 0.3) is 0 Å². The van der Waals surface area contributed by atoms with Crippen LogP contribution >= 0.6 is 0 Å². The highest BCUT2D eigenvalue weighted by Crippen LogP contribution is 2.21. The number of rotatable bonds is 0. The first-order valence-corrected chi connectivity index (χ1v) is 5.32. The highest BCUT2D eigenvalue weighted by molar-refractivity contribution is 4.82. The summed E-state index contributed by atoms with van der Waals surface area (Å²) in [6.07, 6.45) is 8.71. The van der Waals surface area contributed by atoms with Crippen molar-refractivity contribution in [1.82, 2.24) is 5.32 Å². The van der Waals surface area contributed by atoms with Gasteiger partial charge in [0, 0.05) is 12.6 Å². The Morgan fingerprint density at radius 3 is 2.75 bits per heavy atom. The number of ether oxygens (including phenoxy) is 1. The molecule has 2 atom stereocenters. The highest BCUT2D eigenvalue weighted by atomic mass is 16.5. The van der Waals surface area contributed by atoms with Crippen molar-refractivity contribution < 1.29 is 4.74 Å². The molecule has 12 heavy (non-hydrogen) atoms. The lowest BCUT2D eigenvalue weighted by Crippen LogP contribution is -2.48. The monoisotopic (exact) mass is 169 g/mol. The minimum Gasteiger partial charge on any atom is -0.375 e. The van der Waals surface area contributed by atoms with E-state index < -0.39 is 0 Å². The molecule has 0 unspecified atom stereocenters. The normalized spacial score (nSPS) is 38.0. The van der Waals surface area contributed by atoms with Crippen LogP contribution in [0.4, 0.5) is 0 Å². The van der Waals surface area contributed by atoms with Crippen LogP contribution in [0.1, 0.15) is 38.5 Å². The summed E-state index contributed by atoms with van der Waals surface area (Å²) in [6, 6.07) is 0.666. The van der Waals surface area contributed by atoms with Crippen molar-refractivity contribution >= 4 is 0 Å². The largest absolute Gasteiger partial charge is 0.375 e. The van der Waals surface area contributed by atoms with E-state index in [1.807, 2.05) is 0 Å². The zero-order valence-electron chi connectivity index (χ0n) is 7.72. The molecule has 1 N–H and O–H groups in total. The van der Waals surface area contributed by atoms with E-state index in [1.54, 1.807) is 0 Å². The van der Waals surface area contributed by atoms with E-state index in [0.29, 0.717) is 12.1 Å². The number of nitrogens with one attached hydrogen (secondary N) is 1. The molecule has 2 heteroatoms. The zero-order chi connectivity index (χ0) is 8.23. The summed E-state index contributed by atoms with van der Waals surface area (Å²) < 4.78 is 5.75. The molecule has 0 radical (unpaired) electrons. The Morgan fingerprint density at radius 1 is 1.00 bits per heavy atom. The maximum absolute atomic E-state index is 5.75. The fourth-order valence-corrected chi connectivity index (χ4v) is 2.34. The van der Waals surface area contributed by atoms with E-state index in [-0.39, 0.29) is 0 Å². The van der Waals surface area contributed by atoms with Crippen LogP contribution < -0.4 is 5.32 Å². The molecule has 0 amide bonds. The van der Waals surface area contributed by atoms with Crippen LogP contribution in [-0.2, 0) is 4.74 Å². The number of morpholine rings is 1. The Morgan fingerprint density at radius 2 is 1.83 bits per heavy atom. The maximum Gasteiger partial charge on any atom is 0.0728 e. The Labute approximate surface area is 74.7 Å². The number of hydrogen-bond donors (Lipinski definition) is 1. The second-order valence-electron chi connectivity index (χ2n) is 3.96. The van der Waals surface area contributed by atoms with Crippen molar-refractivity contribution in [2.24, 2.45) is 0 Å². The lowest BCUT2D eigenvalue weighted by Gasteiger charge is -2.34. The van der Waals surface area contributed by atoms with Crippen LogP contribution in [0.2, 0.25) is 0 Å². The fraction of sp³-hybridized carbons (Fsp3) is 1.00. The molecule has 0 aromatic heterocycles. The van der Waals surface area contributed by atoms with Crippen molar-refractivity contribution in [1.29, 1.82) is 0 Å². The molecule has 1 aliphatic carbocycles. The van der Waals surface area contributed by atoms with Gasteiger partial charge in [-0.25, -0.2) is 0 Å². The van der Waals surface area contributed by atoms with Gasteiger partial charge in [-0.1, -0.05) is 25.7 Å². The number of hydrogen-bond acceptors (Lipinski definition) is 2. The summed E-state index contributed by atoms with van der Waals surface area (Å²) in [4.78, 5) is 0. The summed E-state index contributed by atoms with van der Waals surface area (Å²) in [5, 5.41) is 3.56. The van der Waals surface area contributed by atoms with E-state index in [1.165, 1.54) is 38.5 Å². The van der Waals surface area contributed by atoms with Crippen molar-refractivity contribution in [2.75, 3.05) is 13.2 Å². The van der Waals surface area contributed by atoms with E-state index in [4.69, 9.17) is 4.74 Å². The fourth-order valence-electron chi connectivity index (χ4n) is 2.34. The first-order valence-electron chi connectivity index (χ1n) is 5.32. The van der Waals surface area contributed by atoms with Gasteiger partial charge in [-0.15, -0.1) is 0 Å². The van der Waals surface area contributed by atoms with E-state index >= 15 is 0 Å². The molecular formula is C10H19NO. The SMILES string of the molecule is C1CCC[C@H]2OCCN[C@H]2CC1. The van der Waals surface area contributed by atoms with E-state index in [2.05, 4.69) is 5.32 Å². The molecule has 1 heterocycles. The van der Waals surface area contributed by atoms with E-state index in [0.717, 1.165) is 13.2 Å². The summed E-state index contributed by atoms with van der Waals surface area (Å²) in [5.74, 6) is 0. The molecule has 0 aromatic rings. The van der Waals surface area contributed by atoms with Gasteiger partial charge in [-0.05, 0) is 12.8 Å². The Bertz CT molecular complexity index is 122. The molecule has 0 spiro atoms. The quantitative estimate of drug-likeness (QED) is 0.596. The Balaban J connectivity index is 1.89. The standard InChI is InChI=1S/C10H19NO/c1-2-4-6-10-9(5-3-1)11-7-8-12-10/h9-11H,1-8H2/t9-,10+/m0/s1. The van der Waals surface area contributed by atoms with Gasteiger partial charge >= 0.3 is 0 Å². The minimum atomic E-state index is 0.527. The predicted molar refractivity (Wildman–Crippen MR) is 49.2 cm³/mol. The molecule has 2 nitrogen and oxygen atoms in total. The lowest BCUT2D eigenvalue weighted by atomic mass is 9.93. The summed E-state index contributed by atoms with van der Waals surface area (Å²) in [5.41, 5.74) is 0. The summed E-state index contributed by atoms with van der Waals surface area (Å²) in [7, 11) is 0. The summed E-state index contributed by atoms with van der Waals surface area (Å²) >= 11 is 0. The van der Waals surface area contributed by atoms with E-state index in [9.17, 15) is 0 Å². The molecule has 2 aliphatic rings. The lowest BCUT2D eigenvalue weighted by molar-refractivity contribution is -0.0154. The average molecular weight is 169 g/mol. The first-order chi connectivity index (χ1) is 5.97. The van der Waals surface area contributed by atoms with Crippen LogP contribution in [0.25, 0.3) is 0 Å². The Kier molecular flexibility index (Phi) is 3.01. The first kappa shape index (κ1) is 8.52. The zero-order valence-corrected chi connectivity index (χ0v) is 7.72. The predicted octanol–water partition coefficient (Wildman–Crippen LogP) is 1.70. The molecule has 2 fully saturated rings. The second-order valence-corrected chi connectivity index (χ2v) is 3.96. The smallest absolute Gasteiger partial charge is 0.0728 e. The third kappa shape index (κ3) is 1.99. The molecule has 0 bridgehead atoms. The molecule has 2 rings (SSSR count). The van der Waals surface area contributed by atoms with Crippen molar-refractivity contribution in [3.63, 3.8) is 0 Å². The third-order valence-corrected chi connectivity index (χ3v) is 3.04. The number of fused-ring (bicyclic) bond motifs is 1. The van der Waals surface area contributed by atoms with Crippen LogP contribution in [0.5, 0.6) is 0 Å². The van der Waals surface area contributed by atoms with Crippen molar-refractivity contribution in [2.45, 2.75) is 50.7 Å². The minimum absolute atomic E-state index is 0.527. The van der Waals surface area contributed by atoms with Gasteiger partial charge < -0.3 is 10.1 Å². The molecule has 1 saturated heterocycles. The summed E-state index contributed by atoms with van der Waals surface area (Å²) in [6.45, 7) is 1.97. The second kappa shape index (κ2) is 4.24. The molecular weight excluding hydrogens is 150 g/mol. The van der Waals surface area contributed by atoms with Gasteiger partial charge in [0.1, 0.15) is 0 Å². The topological polar surface area (TPSA) is 21.3 Å². The average Bonchev–Trinajstić information content (AvgIpc) is 2.06. The van der Waals surface area contributed by atoms with Gasteiger partial charge in [0.2, 0.25) is 0 Å².